The van der Waals surface area contributed by atoms with Crippen LogP contribution in [0.4, 0.5) is 11.5 Å². The highest BCUT2D eigenvalue weighted by Crippen LogP contribution is 2.27. The summed E-state index contributed by atoms with van der Waals surface area (Å²) in [7, 11) is 0. The zero-order valence-corrected chi connectivity index (χ0v) is 11.1. The van der Waals surface area contributed by atoms with E-state index in [2.05, 4.69) is 36.1 Å². The molecule has 0 fully saturated rings. The van der Waals surface area contributed by atoms with Crippen molar-refractivity contribution in [1.29, 1.82) is 0 Å². The molecule has 3 N–H and O–H groups in total. The number of ether oxygens (including phenoxy) is 1. The predicted octanol–water partition coefficient (Wildman–Crippen LogP) is 2.45. The number of hydrogen-bond acceptors (Lipinski definition) is 5. The van der Waals surface area contributed by atoms with Crippen molar-refractivity contribution in [2.75, 3.05) is 17.7 Å². The average Bonchev–Trinajstić information content (AvgIpc) is 2.30. The number of hydrogen-bond donors (Lipinski definition) is 2. The van der Waals surface area contributed by atoms with E-state index >= 15 is 0 Å². The molecule has 1 aromatic rings. The molecule has 1 aromatic heterocycles. The Balaban J connectivity index is 2.86. The van der Waals surface area contributed by atoms with Crippen molar-refractivity contribution in [3.63, 3.8) is 0 Å². The van der Waals surface area contributed by atoms with Crippen molar-refractivity contribution in [2.24, 2.45) is 0 Å². The third-order valence-electron chi connectivity index (χ3n) is 2.63. The minimum absolute atomic E-state index is 0.0511. The number of nitrogen functional groups attached to an aromatic ring is 1. The topological polar surface area (TPSA) is 73.1 Å². The molecule has 0 radical (unpaired) electrons. The van der Waals surface area contributed by atoms with Crippen molar-refractivity contribution in [3.05, 3.63) is 6.33 Å². The number of nitrogens with one attached hydrogen (secondary N) is 1. The predicted molar refractivity (Wildman–Crippen MR) is 70.2 cm³/mol. The molecule has 0 saturated carbocycles. The van der Waals surface area contributed by atoms with Crippen LogP contribution in [0.3, 0.4) is 0 Å². The smallest absolute Gasteiger partial charge is 0.242 e. The monoisotopic (exact) mass is 238 g/mol. The summed E-state index contributed by atoms with van der Waals surface area (Å²) in [5.74, 6) is 1.09. The van der Waals surface area contributed by atoms with Gasteiger partial charge in [-0.25, -0.2) is 4.98 Å². The molecule has 0 aromatic carbocycles. The summed E-state index contributed by atoms with van der Waals surface area (Å²) in [4.78, 5) is 8.19. The molecule has 0 aliphatic heterocycles. The van der Waals surface area contributed by atoms with Crippen molar-refractivity contribution in [1.82, 2.24) is 9.97 Å². The summed E-state index contributed by atoms with van der Waals surface area (Å²) in [6, 6.07) is 0. The lowest BCUT2D eigenvalue weighted by Gasteiger charge is -2.26. The van der Waals surface area contributed by atoms with E-state index < -0.39 is 0 Å². The van der Waals surface area contributed by atoms with Crippen molar-refractivity contribution in [3.8, 4) is 5.88 Å². The van der Waals surface area contributed by atoms with Gasteiger partial charge in [0.05, 0.1) is 6.61 Å². The van der Waals surface area contributed by atoms with Crippen molar-refractivity contribution in [2.45, 2.75) is 46.1 Å². The van der Waals surface area contributed by atoms with Gasteiger partial charge < -0.3 is 15.8 Å². The molecule has 0 atom stereocenters. The number of nitrogens with two attached hydrogens (primary N) is 1. The quantitative estimate of drug-likeness (QED) is 0.796. The first-order valence-electron chi connectivity index (χ1n) is 6.01. The fourth-order valence-electron chi connectivity index (χ4n) is 1.20. The number of rotatable bonds is 6. The molecule has 0 unspecified atom stereocenters. The third-order valence-corrected chi connectivity index (χ3v) is 2.63. The normalized spacial score (nSPS) is 11.3. The Morgan fingerprint density at radius 1 is 1.35 bits per heavy atom. The molecule has 5 nitrogen and oxygen atoms in total. The molecule has 0 aliphatic rings. The second kappa shape index (κ2) is 5.70. The summed E-state index contributed by atoms with van der Waals surface area (Å²) in [5.41, 5.74) is 6.40. The van der Waals surface area contributed by atoms with Gasteiger partial charge in [-0.3, -0.25) is 0 Å². The van der Waals surface area contributed by atoms with E-state index in [1.807, 2.05) is 6.92 Å². The molecule has 1 rings (SSSR count). The number of nitrogens with zero attached hydrogens (tertiary/aromatic N) is 2. The van der Waals surface area contributed by atoms with Crippen LogP contribution in [-0.4, -0.2) is 22.1 Å². The molecule has 0 bridgehead atoms. The molecule has 0 amide bonds. The van der Waals surface area contributed by atoms with Crippen LogP contribution in [0.1, 0.15) is 40.5 Å². The molecule has 0 spiro atoms. The van der Waals surface area contributed by atoms with Gasteiger partial charge in [0, 0.05) is 5.54 Å². The van der Waals surface area contributed by atoms with Gasteiger partial charge in [0.15, 0.2) is 5.82 Å². The van der Waals surface area contributed by atoms with Crippen LogP contribution in [0.5, 0.6) is 5.88 Å². The van der Waals surface area contributed by atoms with E-state index in [0.29, 0.717) is 24.0 Å². The van der Waals surface area contributed by atoms with Crippen LogP contribution >= 0.6 is 0 Å². The Kier molecular flexibility index (Phi) is 4.54. The molecular weight excluding hydrogens is 216 g/mol. The fraction of sp³-hybridized carbons (Fsp3) is 0.667. The van der Waals surface area contributed by atoms with E-state index in [-0.39, 0.29) is 5.54 Å². The summed E-state index contributed by atoms with van der Waals surface area (Å²) < 4.78 is 5.46. The van der Waals surface area contributed by atoms with Crippen LogP contribution < -0.4 is 15.8 Å². The Morgan fingerprint density at radius 3 is 2.65 bits per heavy atom. The second-order valence-electron chi connectivity index (χ2n) is 4.65. The highest BCUT2D eigenvalue weighted by molar-refractivity contribution is 5.67. The van der Waals surface area contributed by atoms with E-state index in [1.54, 1.807) is 0 Å². The Bertz CT molecular complexity index is 366. The molecule has 5 heteroatoms. The van der Waals surface area contributed by atoms with Gasteiger partial charge in [-0.2, -0.15) is 4.98 Å². The van der Waals surface area contributed by atoms with Gasteiger partial charge in [-0.15, -0.1) is 0 Å². The van der Waals surface area contributed by atoms with E-state index in [9.17, 15) is 0 Å². The maximum absolute atomic E-state index is 5.97. The zero-order chi connectivity index (χ0) is 12.9. The Morgan fingerprint density at radius 2 is 2.06 bits per heavy atom. The van der Waals surface area contributed by atoms with E-state index in [1.165, 1.54) is 6.33 Å². The number of anilines is 2. The van der Waals surface area contributed by atoms with Gasteiger partial charge in [0.25, 0.3) is 0 Å². The standard InChI is InChI=1S/C12H22N4O/c1-5-7-17-11-9(13)10(14-8-15-11)16-12(3,4)6-2/h8H,5-7,13H2,1-4H3,(H,14,15,16). The van der Waals surface area contributed by atoms with Crippen LogP contribution in [0.2, 0.25) is 0 Å². The molecule has 0 saturated heterocycles. The highest BCUT2D eigenvalue weighted by atomic mass is 16.5. The van der Waals surface area contributed by atoms with Gasteiger partial charge in [0.2, 0.25) is 5.88 Å². The summed E-state index contributed by atoms with van der Waals surface area (Å²) in [5, 5.41) is 3.30. The van der Waals surface area contributed by atoms with Crippen molar-refractivity contribution < 1.29 is 4.74 Å². The van der Waals surface area contributed by atoms with Gasteiger partial charge >= 0.3 is 0 Å². The largest absolute Gasteiger partial charge is 0.476 e. The van der Waals surface area contributed by atoms with Crippen LogP contribution in [0.15, 0.2) is 6.33 Å². The van der Waals surface area contributed by atoms with Crippen LogP contribution in [0.25, 0.3) is 0 Å². The van der Waals surface area contributed by atoms with Crippen LogP contribution in [-0.2, 0) is 0 Å². The zero-order valence-electron chi connectivity index (χ0n) is 11.1. The highest BCUT2D eigenvalue weighted by Gasteiger charge is 2.18. The first kappa shape index (κ1) is 13.5. The molecule has 17 heavy (non-hydrogen) atoms. The lowest BCUT2D eigenvalue weighted by atomic mass is 10.0. The first-order chi connectivity index (χ1) is 8.00. The molecule has 1 heterocycles. The molecule has 96 valence electrons. The Labute approximate surface area is 103 Å². The third kappa shape index (κ3) is 3.76. The molecule has 0 aliphatic carbocycles. The summed E-state index contributed by atoms with van der Waals surface area (Å²) in [6.07, 6.45) is 3.36. The average molecular weight is 238 g/mol. The molecular formula is C12H22N4O. The van der Waals surface area contributed by atoms with Gasteiger partial charge in [-0.05, 0) is 26.7 Å². The maximum Gasteiger partial charge on any atom is 0.242 e. The van der Waals surface area contributed by atoms with Gasteiger partial charge in [-0.1, -0.05) is 13.8 Å². The second-order valence-corrected chi connectivity index (χ2v) is 4.65. The number of aromatic nitrogens is 2. The maximum atomic E-state index is 5.97. The van der Waals surface area contributed by atoms with Gasteiger partial charge in [0.1, 0.15) is 12.0 Å². The first-order valence-corrected chi connectivity index (χ1v) is 6.01. The van der Waals surface area contributed by atoms with E-state index in [4.69, 9.17) is 10.5 Å². The summed E-state index contributed by atoms with van der Waals surface area (Å²) >= 11 is 0. The summed E-state index contributed by atoms with van der Waals surface area (Å²) in [6.45, 7) is 8.95. The van der Waals surface area contributed by atoms with Crippen LogP contribution in [0, 0.1) is 0 Å². The lowest BCUT2D eigenvalue weighted by molar-refractivity contribution is 0.306. The lowest BCUT2D eigenvalue weighted by Crippen LogP contribution is -2.30. The minimum Gasteiger partial charge on any atom is -0.476 e. The fourth-order valence-corrected chi connectivity index (χ4v) is 1.20. The minimum atomic E-state index is -0.0511. The SMILES string of the molecule is CCCOc1ncnc(NC(C)(C)CC)c1N. The van der Waals surface area contributed by atoms with Crippen molar-refractivity contribution >= 4 is 11.5 Å². The Hall–Kier alpha value is -1.52. The van der Waals surface area contributed by atoms with E-state index in [0.717, 1.165) is 12.8 Å².